The minimum Gasteiger partial charge on any atom is -0.374 e. The number of hydrogen-bond acceptors (Lipinski definition) is 3. The van der Waals surface area contributed by atoms with E-state index in [2.05, 4.69) is 17.1 Å². The molecule has 0 unspecified atom stereocenters. The molecule has 4 nitrogen and oxygen atoms in total. The Morgan fingerprint density at radius 1 is 1.26 bits per heavy atom. The molecule has 1 aliphatic rings. The summed E-state index contributed by atoms with van der Waals surface area (Å²) in [5.74, 6) is 0.179. The Morgan fingerprint density at radius 2 is 2.09 bits per heavy atom. The molecule has 1 aromatic heterocycles. The van der Waals surface area contributed by atoms with Crippen molar-refractivity contribution in [1.82, 2.24) is 9.88 Å². The van der Waals surface area contributed by atoms with E-state index < -0.39 is 0 Å². The largest absolute Gasteiger partial charge is 0.374 e. The Hall–Kier alpha value is -2.20. The van der Waals surface area contributed by atoms with Gasteiger partial charge in [-0.05, 0) is 30.5 Å². The first-order valence-corrected chi connectivity index (χ1v) is 8.09. The second kappa shape index (κ2) is 7.38. The molecule has 0 spiro atoms. The molecule has 120 valence electrons. The molecule has 2 atom stereocenters. The maximum atomic E-state index is 12.8. The summed E-state index contributed by atoms with van der Waals surface area (Å²) in [6.07, 6.45) is 4.88. The zero-order valence-corrected chi connectivity index (χ0v) is 13.4. The fourth-order valence-electron chi connectivity index (χ4n) is 2.97. The van der Waals surface area contributed by atoms with Gasteiger partial charge in [0.2, 0.25) is 5.91 Å². The SMILES string of the molecule is C[C@H]1CN(C(=O)CCc2cccnc2)[C@@H](c2ccccc2)CO1. The summed E-state index contributed by atoms with van der Waals surface area (Å²) in [5.41, 5.74) is 2.23. The normalized spacial score (nSPS) is 21.2. The van der Waals surface area contributed by atoms with E-state index >= 15 is 0 Å². The van der Waals surface area contributed by atoms with Crippen LogP contribution in [-0.2, 0) is 16.0 Å². The van der Waals surface area contributed by atoms with Gasteiger partial charge in [0, 0.05) is 25.4 Å². The highest BCUT2D eigenvalue weighted by atomic mass is 16.5. The topological polar surface area (TPSA) is 42.4 Å². The van der Waals surface area contributed by atoms with Crippen LogP contribution in [0.5, 0.6) is 0 Å². The van der Waals surface area contributed by atoms with Gasteiger partial charge in [-0.1, -0.05) is 36.4 Å². The van der Waals surface area contributed by atoms with E-state index in [4.69, 9.17) is 4.74 Å². The van der Waals surface area contributed by atoms with Gasteiger partial charge in [0.05, 0.1) is 18.8 Å². The maximum Gasteiger partial charge on any atom is 0.223 e. The number of morpholine rings is 1. The van der Waals surface area contributed by atoms with Gasteiger partial charge >= 0.3 is 0 Å². The summed E-state index contributed by atoms with van der Waals surface area (Å²) >= 11 is 0. The van der Waals surface area contributed by atoms with Crippen molar-refractivity contribution in [2.45, 2.75) is 31.9 Å². The molecule has 1 amide bonds. The lowest BCUT2D eigenvalue weighted by Gasteiger charge is -2.39. The molecule has 4 heteroatoms. The zero-order chi connectivity index (χ0) is 16.1. The number of ether oxygens (including phenoxy) is 1. The third kappa shape index (κ3) is 3.96. The molecule has 1 saturated heterocycles. The van der Waals surface area contributed by atoms with Gasteiger partial charge in [0.15, 0.2) is 0 Å². The van der Waals surface area contributed by atoms with Crippen LogP contribution < -0.4 is 0 Å². The minimum atomic E-state index is 0.00815. The van der Waals surface area contributed by atoms with Crippen molar-refractivity contribution in [3.63, 3.8) is 0 Å². The molecule has 0 saturated carbocycles. The van der Waals surface area contributed by atoms with Crippen molar-refractivity contribution in [3.8, 4) is 0 Å². The standard InChI is InChI=1S/C19H22N2O2/c1-15-13-21(18(14-23-15)17-7-3-2-4-8-17)19(22)10-9-16-6-5-11-20-12-16/h2-8,11-12,15,18H,9-10,13-14H2,1H3/t15-,18+/m0/s1. The first kappa shape index (κ1) is 15.7. The Balaban J connectivity index is 1.70. The molecule has 2 heterocycles. The van der Waals surface area contributed by atoms with Gasteiger partial charge in [0.1, 0.15) is 0 Å². The van der Waals surface area contributed by atoms with Gasteiger partial charge in [-0.2, -0.15) is 0 Å². The van der Waals surface area contributed by atoms with Crippen LogP contribution in [0, 0.1) is 0 Å². The second-order valence-electron chi connectivity index (χ2n) is 5.98. The fraction of sp³-hybridized carbons (Fsp3) is 0.368. The third-order valence-electron chi connectivity index (χ3n) is 4.22. The lowest BCUT2D eigenvalue weighted by molar-refractivity contribution is -0.144. The summed E-state index contributed by atoms with van der Waals surface area (Å²) in [6, 6.07) is 14.0. The molecule has 0 radical (unpaired) electrons. The summed E-state index contributed by atoms with van der Waals surface area (Å²) < 4.78 is 5.78. The Kier molecular flexibility index (Phi) is 5.03. The molecule has 2 aromatic rings. The number of pyridine rings is 1. The van der Waals surface area contributed by atoms with E-state index in [9.17, 15) is 4.79 Å². The number of carbonyl (C=O) groups is 1. The van der Waals surface area contributed by atoms with Gasteiger partial charge in [0.25, 0.3) is 0 Å². The fourth-order valence-corrected chi connectivity index (χ4v) is 2.97. The molecule has 23 heavy (non-hydrogen) atoms. The number of nitrogens with zero attached hydrogens (tertiary/aromatic N) is 2. The van der Waals surface area contributed by atoms with Crippen LogP contribution in [0.15, 0.2) is 54.9 Å². The molecular formula is C19H22N2O2. The number of aromatic nitrogens is 1. The molecule has 0 N–H and O–H groups in total. The predicted octanol–water partition coefficient (Wildman–Crippen LogP) is 3.00. The summed E-state index contributed by atoms with van der Waals surface area (Å²) in [7, 11) is 0. The smallest absolute Gasteiger partial charge is 0.223 e. The highest BCUT2D eigenvalue weighted by Crippen LogP contribution is 2.27. The van der Waals surface area contributed by atoms with Crippen molar-refractivity contribution in [2.75, 3.05) is 13.2 Å². The van der Waals surface area contributed by atoms with E-state index in [0.717, 1.165) is 17.5 Å². The first-order valence-electron chi connectivity index (χ1n) is 8.09. The highest BCUT2D eigenvalue weighted by molar-refractivity contribution is 5.77. The van der Waals surface area contributed by atoms with Gasteiger partial charge in [-0.15, -0.1) is 0 Å². The number of rotatable bonds is 4. The number of benzene rings is 1. The molecule has 1 fully saturated rings. The summed E-state index contributed by atoms with van der Waals surface area (Å²) in [6.45, 7) is 3.22. The van der Waals surface area contributed by atoms with Crippen LogP contribution in [-0.4, -0.2) is 35.0 Å². The van der Waals surface area contributed by atoms with Crippen molar-refractivity contribution in [1.29, 1.82) is 0 Å². The number of hydrogen-bond donors (Lipinski definition) is 0. The van der Waals surface area contributed by atoms with E-state index in [1.165, 1.54) is 0 Å². The lowest BCUT2D eigenvalue weighted by atomic mass is 10.0. The van der Waals surface area contributed by atoms with E-state index in [0.29, 0.717) is 19.6 Å². The van der Waals surface area contributed by atoms with Crippen molar-refractivity contribution >= 4 is 5.91 Å². The van der Waals surface area contributed by atoms with E-state index in [1.54, 1.807) is 6.20 Å². The minimum absolute atomic E-state index is 0.00815. The Morgan fingerprint density at radius 3 is 2.83 bits per heavy atom. The quantitative estimate of drug-likeness (QED) is 0.872. The number of aryl methyl sites for hydroxylation is 1. The Bertz CT molecular complexity index is 630. The van der Waals surface area contributed by atoms with Gasteiger partial charge in [-0.25, -0.2) is 0 Å². The first-order chi connectivity index (χ1) is 11.2. The van der Waals surface area contributed by atoms with Crippen LogP contribution in [0.3, 0.4) is 0 Å². The number of carbonyl (C=O) groups excluding carboxylic acids is 1. The summed E-state index contributed by atoms with van der Waals surface area (Å²) in [5, 5.41) is 0. The van der Waals surface area contributed by atoms with E-state index in [1.807, 2.05) is 48.4 Å². The second-order valence-corrected chi connectivity index (χ2v) is 5.98. The van der Waals surface area contributed by atoms with Crippen LogP contribution >= 0.6 is 0 Å². The van der Waals surface area contributed by atoms with E-state index in [-0.39, 0.29) is 18.1 Å². The highest BCUT2D eigenvalue weighted by Gasteiger charge is 2.31. The molecule has 1 aliphatic heterocycles. The molecule has 3 rings (SSSR count). The summed E-state index contributed by atoms with van der Waals surface area (Å²) in [4.78, 5) is 18.8. The van der Waals surface area contributed by atoms with Gasteiger partial charge in [-0.3, -0.25) is 9.78 Å². The van der Waals surface area contributed by atoms with Crippen molar-refractivity contribution < 1.29 is 9.53 Å². The molecule has 1 aromatic carbocycles. The lowest BCUT2D eigenvalue weighted by Crippen LogP contribution is -2.46. The average Bonchev–Trinajstić information content (AvgIpc) is 2.61. The average molecular weight is 310 g/mol. The van der Waals surface area contributed by atoms with Crippen LogP contribution in [0.25, 0.3) is 0 Å². The van der Waals surface area contributed by atoms with Crippen LogP contribution in [0.4, 0.5) is 0 Å². The number of amides is 1. The molecular weight excluding hydrogens is 288 g/mol. The Labute approximate surface area is 137 Å². The van der Waals surface area contributed by atoms with Crippen LogP contribution in [0.1, 0.15) is 30.5 Å². The third-order valence-corrected chi connectivity index (χ3v) is 4.22. The van der Waals surface area contributed by atoms with Crippen molar-refractivity contribution in [3.05, 3.63) is 66.0 Å². The zero-order valence-electron chi connectivity index (χ0n) is 13.4. The molecule has 0 aliphatic carbocycles. The van der Waals surface area contributed by atoms with Gasteiger partial charge < -0.3 is 9.64 Å². The van der Waals surface area contributed by atoms with Crippen molar-refractivity contribution in [2.24, 2.45) is 0 Å². The predicted molar refractivity (Wildman–Crippen MR) is 88.9 cm³/mol. The molecule has 0 bridgehead atoms. The maximum absolute atomic E-state index is 12.8. The monoisotopic (exact) mass is 310 g/mol. The van der Waals surface area contributed by atoms with Crippen LogP contribution in [0.2, 0.25) is 0 Å².